The van der Waals surface area contributed by atoms with Gasteiger partial charge in [-0.2, -0.15) is 0 Å². The first-order chi connectivity index (χ1) is 14.1. The number of hydrogen-bond donors (Lipinski definition) is 3. The molecule has 7 heteroatoms. The third-order valence-electron chi connectivity index (χ3n) is 4.41. The molecule has 3 N–H and O–H groups in total. The monoisotopic (exact) mass is 391 g/mol. The Morgan fingerprint density at radius 2 is 1.72 bits per heavy atom. The summed E-state index contributed by atoms with van der Waals surface area (Å²) in [5.41, 5.74) is 4.61. The summed E-state index contributed by atoms with van der Waals surface area (Å²) < 4.78 is 5.58. The fourth-order valence-electron chi connectivity index (χ4n) is 2.72. The van der Waals surface area contributed by atoms with Crippen LogP contribution in [0.2, 0.25) is 0 Å². The van der Waals surface area contributed by atoms with E-state index in [1.165, 1.54) is 5.56 Å². The number of nitrogens with one attached hydrogen (secondary N) is 3. The van der Waals surface area contributed by atoms with Crippen LogP contribution in [0, 0.1) is 6.92 Å². The zero-order chi connectivity index (χ0) is 20.6. The first kappa shape index (κ1) is 20.1. The van der Waals surface area contributed by atoms with Crippen molar-refractivity contribution in [3.05, 3.63) is 77.2 Å². The molecule has 0 aliphatic carbocycles. The van der Waals surface area contributed by atoms with Gasteiger partial charge in [0, 0.05) is 31.8 Å². The molecule has 1 heterocycles. The molecule has 0 bridgehead atoms. The van der Waals surface area contributed by atoms with Crippen LogP contribution >= 0.6 is 0 Å². The Kier molecular flexibility index (Phi) is 6.63. The summed E-state index contributed by atoms with van der Waals surface area (Å²) in [6.07, 6.45) is 1.65. The summed E-state index contributed by atoms with van der Waals surface area (Å²) >= 11 is 0. The standard InChI is InChI=1S/C22H25N5O2/c1-15-4-8-18(9-5-15)21-27-19(14-29-21)13-26-22(24-3)25-12-16-6-10-17(11-7-16)20(28)23-2/h4-11,14H,12-13H2,1-3H3,(H,23,28)(H2,24,25,26). The van der Waals surface area contributed by atoms with E-state index < -0.39 is 0 Å². The molecule has 0 unspecified atom stereocenters. The summed E-state index contributed by atoms with van der Waals surface area (Å²) in [5.74, 6) is 1.15. The predicted octanol–water partition coefficient (Wildman–Crippen LogP) is 2.87. The van der Waals surface area contributed by atoms with E-state index in [1.54, 1.807) is 32.5 Å². The molecule has 0 spiro atoms. The quantitative estimate of drug-likeness (QED) is 0.444. The third-order valence-corrected chi connectivity index (χ3v) is 4.41. The van der Waals surface area contributed by atoms with Crippen LogP contribution in [0.5, 0.6) is 0 Å². The lowest BCUT2D eigenvalue weighted by Crippen LogP contribution is -2.36. The molecule has 0 aliphatic rings. The van der Waals surface area contributed by atoms with Gasteiger partial charge in [-0.05, 0) is 36.8 Å². The fraction of sp³-hybridized carbons (Fsp3) is 0.227. The highest BCUT2D eigenvalue weighted by Gasteiger charge is 2.08. The highest BCUT2D eigenvalue weighted by molar-refractivity contribution is 5.93. The summed E-state index contributed by atoms with van der Waals surface area (Å²) in [6, 6.07) is 15.5. The number of carbonyl (C=O) groups excluding carboxylic acids is 1. The number of guanidine groups is 1. The predicted molar refractivity (Wildman–Crippen MR) is 114 cm³/mol. The van der Waals surface area contributed by atoms with Gasteiger partial charge in [-0.1, -0.05) is 29.8 Å². The maximum Gasteiger partial charge on any atom is 0.251 e. The van der Waals surface area contributed by atoms with Crippen LogP contribution in [0.1, 0.15) is 27.2 Å². The highest BCUT2D eigenvalue weighted by atomic mass is 16.3. The lowest BCUT2D eigenvalue weighted by Gasteiger charge is -2.11. The van der Waals surface area contributed by atoms with Gasteiger partial charge in [-0.3, -0.25) is 9.79 Å². The highest BCUT2D eigenvalue weighted by Crippen LogP contribution is 2.19. The lowest BCUT2D eigenvalue weighted by molar-refractivity contribution is 0.0963. The second kappa shape index (κ2) is 9.54. The number of hydrogen-bond acceptors (Lipinski definition) is 4. The molecule has 0 aliphatic heterocycles. The average molecular weight is 391 g/mol. The van der Waals surface area contributed by atoms with Crippen LogP contribution in [-0.2, 0) is 13.1 Å². The van der Waals surface area contributed by atoms with Crippen molar-refractivity contribution in [2.45, 2.75) is 20.0 Å². The van der Waals surface area contributed by atoms with Crippen LogP contribution < -0.4 is 16.0 Å². The van der Waals surface area contributed by atoms with Gasteiger partial charge in [0.05, 0.1) is 12.2 Å². The van der Waals surface area contributed by atoms with Gasteiger partial charge < -0.3 is 20.4 Å². The van der Waals surface area contributed by atoms with E-state index in [-0.39, 0.29) is 5.91 Å². The lowest BCUT2D eigenvalue weighted by atomic mass is 10.1. The number of oxazole rings is 1. The Bertz CT molecular complexity index is 975. The smallest absolute Gasteiger partial charge is 0.251 e. The Balaban J connectivity index is 1.52. The van der Waals surface area contributed by atoms with Gasteiger partial charge >= 0.3 is 0 Å². The third kappa shape index (κ3) is 5.44. The number of aryl methyl sites for hydroxylation is 1. The largest absolute Gasteiger partial charge is 0.444 e. The number of amides is 1. The number of aromatic nitrogens is 1. The maximum absolute atomic E-state index is 11.6. The molecule has 0 fully saturated rings. The van der Waals surface area contributed by atoms with E-state index in [0.717, 1.165) is 16.8 Å². The van der Waals surface area contributed by atoms with E-state index >= 15 is 0 Å². The van der Waals surface area contributed by atoms with Gasteiger partial charge in [0.15, 0.2) is 5.96 Å². The Morgan fingerprint density at radius 3 is 2.38 bits per heavy atom. The zero-order valence-electron chi connectivity index (χ0n) is 16.8. The summed E-state index contributed by atoms with van der Waals surface area (Å²) in [6.45, 7) is 3.12. The van der Waals surface area contributed by atoms with Crippen molar-refractivity contribution in [2.24, 2.45) is 4.99 Å². The second-order valence-corrected chi connectivity index (χ2v) is 6.57. The first-order valence-electron chi connectivity index (χ1n) is 9.36. The van der Waals surface area contributed by atoms with E-state index in [9.17, 15) is 4.79 Å². The molecule has 2 aromatic carbocycles. The molecule has 0 saturated heterocycles. The van der Waals surface area contributed by atoms with Crippen molar-refractivity contribution < 1.29 is 9.21 Å². The van der Waals surface area contributed by atoms with E-state index in [2.05, 4.69) is 25.9 Å². The number of nitrogens with zero attached hydrogens (tertiary/aromatic N) is 2. The molecule has 1 aromatic heterocycles. The van der Waals surface area contributed by atoms with E-state index in [4.69, 9.17) is 4.42 Å². The zero-order valence-corrected chi connectivity index (χ0v) is 16.8. The van der Waals surface area contributed by atoms with Gasteiger partial charge in [0.1, 0.15) is 6.26 Å². The average Bonchev–Trinajstić information content (AvgIpc) is 3.23. The molecule has 7 nitrogen and oxygen atoms in total. The Morgan fingerprint density at radius 1 is 1.03 bits per heavy atom. The van der Waals surface area contributed by atoms with Gasteiger partial charge in [-0.15, -0.1) is 0 Å². The minimum absolute atomic E-state index is 0.0976. The summed E-state index contributed by atoms with van der Waals surface area (Å²) in [7, 11) is 3.33. The van der Waals surface area contributed by atoms with Crippen molar-refractivity contribution in [1.82, 2.24) is 20.9 Å². The number of rotatable bonds is 6. The minimum Gasteiger partial charge on any atom is -0.444 e. The Hall–Kier alpha value is -3.61. The number of aliphatic imine (C=N–C) groups is 1. The molecule has 3 rings (SSSR count). The Labute approximate surface area is 170 Å². The van der Waals surface area contributed by atoms with Crippen LogP contribution in [0.3, 0.4) is 0 Å². The van der Waals surface area contributed by atoms with Gasteiger partial charge in [-0.25, -0.2) is 4.98 Å². The fourth-order valence-corrected chi connectivity index (χ4v) is 2.72. The molecule has 0 atom stereocenters. The van der Waals surface area contributed by atoms with Crippen molar-refractivity contribution in [1.29, 1.82) is 0 Å². The molecular weight excluding hydrogens is 366 g/mol. The van der Waals surface area contributed by atoms with Crippen LogP contribution in [0.4, 0.5) is 0 Å². The van der Waals surface area contributed by atoms with Gasteiger partial charge in [0.2, 0.25) is 5.89 Å². The SMILES string of the molecule is CN=C(NCc1ccc(C(=O)NC)cc1)NCc1coc(-c2ccc(C)cc2)n1. The molecule has 150 valence electrons. The van der Waals surface area contributed by atoms with E-state index in [0.29, 0.717) is 30.5 Å². The second-order valence-electron chi connectivity index (χ2n) is 6.57. The molecule has 1 amide bonds. The maximum atomic E-state index is 11.6. The molecular formula is C22H25N5O2. The van der Waals surface area contributed by atoms with Gasteiger partial charge in [0.25, 0.3) is 5.91 Å². The number of carbonyl (C=O) groups is 1. The molecule has 0 saturated carbocycles. The molecule has 0 radical (unpaired) electrons. The van der Waals surface area contributed by atoms with Crippen molar-refractivity contribution in [3.63, 3.8) is 0 Å². The topological polar surface area (TPSA) is 91.5 Å². The van der Waals surface area contributed by atoms with E-state index in [1.807, 2.05) is 43.3 Å². The molecule has 3 aromatic rings. The van der Waals surface area contributed by atoms with Crippen LogP contribution in [0.15, 0.2) is 64.2 Å². The number of benzene rings is 2. The normalized spacial score (nSPS) is 11.2. The first-order valence-corrected chi connectivity index (χ1v) is 9.36. The van der Waals surface area contributed by atoms with Crippen molar-refractivity contribution >= 4 is 11.9 Å². The minimum atomic E-state index is -0.0976. The van der Waals surface area contributed by atoms with Crippen molar-refractivity contribution in [2.75, 3.05) is 14.1 Å². The molecule has 29 heavy (non-hydrogen) atoms. The summed E-state index contributed by atoms with van der Waals surface area (Å²) in [4.78, 5) is 20.3. The summed E-state index contributed by atoms with van der Waals surface area (Å²) in [5, 5.41) is 9.07. The van der Waals surface area contributed by atoms with Crippen molar-refractivity contribution in [3.8, 4) is 11.5 Å². The van der Waals surface area contributed by atoms with Crippen LogP contribution in [-0.4, -0.2) is 30.9 Å². The van der Waals surface area contributed by atoms with Crippen LogP contribution in [0.25, 0.3) is 11.5 Å².